The van der Waals surface area contributed by atoms with Gasteiger partial charge in [0.15, 0.2) is 0 Å². The van der Waals surface area contributed by atoms with Crippen LogP contribution in [0.25, 0.3) is 0 Å². The van der Waals surface area contributed by atoms with Gasteiger partial charge in [-0.05, 0) is 31.2 Å². The highest BCUT2D eigenvalue weighted by Crippen LogP contribution is 2.55. The zero-order chi connectivity index (χ0) is 20.9. The average Bonchev–Trinajstić information content (AvgIpc) is 3.22. The molecular formula is C24H19FN2O2S. The minimum absolute atomic E-state index is 0.111. The number of nitrogens with zero attached hydrogens (tertiary/aromatic N) is 2. The number of hydrogen-bond acceptors (Lipinski definition) is 3. The van der Waals surface area contributed by atoms with Crippen molar-refractivity contribution in [1.82, 2.24) is 0 Å². The molecule has 4 nitrogen and oxygen atoms in total. The smallest absolute Gasteiger partial charge is 0.269 e. The van der Waals surface area contributed by atoms with Crippen molar-refractivity contribution in [2.45, 2.75) is 18.3 Å². The highest BCUT2D eigenvalue weighted by molar-refractivity contribution is 8.02. The summed E-state index contributed by atoms with van der Waals surface area (Å²) in [5.41, 5.74) is 3.68. The van der Waals surface area contributed by atoms with E-state index in [0.29, 0.717) is 16.9 Å². The molecule has 1 fully saturated rings. The molecule has 0 N–H and O–H groups in total. The van der Waals surface area contributed by atoms with E-state index in [2.05, 4.69) is 0 Å². The van der Waals surface area contributed by atoms with E-state index in [1.807, 2.05) is 55.5 Å². The molecule has 1 saturated heterocycles. The summed E-state index contributed by atoms with van der Waals surface area (Å²) in [7, 11) is 0. The van der Waals surface area contributed by atoms with Crippen molar-refractivity contribution in [1.29, 1.82) is 0 Å². The van der Waals surface area contributed by atoms with Crippen molar-refractivity contribution in [3.63, 3.8) is 0 Å². The number of carbonyl (C=O) groups is 2. The number of aryl methyl sites for hydroxylation is 1. The summed E-state index contributed by atoms with van der Waals surface area (Å²) in [6.45, 7) is 2.09. The SMILES string of the molecule is Cc1ccc(N2C(=O)CS[C@]23C(=O)N(Cc2ccccc2F)c2ccccc23)cc1. The number of fused-ring (bicyclic) bond motifs is 2. The van der Waals surface area contributed by atoms with Crippen LogP contribution in [0.3, 0.4) is 0 Å². The van der Waals surface area contributed by atoms with E-state index in [1.165, 1.54) is 17.8 Å². The molecule has 3 aromatic rings. The van der Waals surface area contributed by atoms with Crippen molar-refractivity contribution in [2.75, 3.05) is 15.6 Å². The predicted molar refractivity (Wildman–Crippen MR) is 117 cm³/mol. The highest BCUT2D eigenvalue weighted by Gasteiger charge is 2.60. The van der Waals surface area contributed by atoms with E-state index in [-0.39, 0.29) is 29.9 Å². The second-order valence-corrected chi connectivity index (χ2v) is 8.67. The van der Waals surface area contributed by atoms with Crippen LogP contribution in [0, 0.1) is 12.7 Å². The molecule has 2 amide bonds. The summed E-state index contributed by atoms with van der Waals surface area (Å²) in [6.07, 6.45) is 0. The molecule has 1 spiro atoms. The van der Waals surface area contributed by atoms with E-state index in [9.17, 15) is 14.0 Å². The maximum atomic E-state index is 14.3. The van der Waals surface area contributed by atoms with Gasteiger partial charge in [-0.25, -0.2) is 4.39 Å². The zero-order valence-corrected chi connectivity index (χ0v) is 17.2. The molecule has 1 atom stereocenters. The van der Waals surface area contributed by atoms with Gasteiger partial charge in [-0.1, -0.05) is 54.1 Å². The standard InChI is InChI=1S/C24H19FN2O2S/c1-16-10-12-18(13-11-16)27-22(28)15-30-24(27)19-7-3-5-9-21(19)26(23(24)29)14-17-6-2-4-8-20(17)25/h2-13H,14-15H2,1H3/t24-/m1/s1. The molecule has 0 unspecified atom stereocenters. The first-order chi connectivity index (χ1) is 14.5. The fourth-order valence-electron chi connectivity index (χ4n) is 4.20. The lowest BCUT2D eigenvalue weighted by atomic mass is 10.0. The molecule has 0 radical (unpaired) electrons. The van der Waals surface area contributed by atoms with Crippen LogP contribution in [0.2, 0.25) is 0 Å². The Morgan fingerprint density at radius 3 is 2.43 bits per heavy atom. The Hall–Kier alpha value is -3.12. The number of thioether (sulfide) groups is 1. The number of rotatable bonds is 3. The topological polar surface area (TPSA) is 40.6 Å². The van der Waals surface area contributed by atoms with Gasteiger partial charge in [-0.2, -0.15) is 0 Å². The monoisotopic (exact) mass is 418 g/mol. The lowest BCUT2D eigenvalue weighted by Gasteiger charge is -2.33. The second-order valence-electron chi connectivity index (χ2n) is 7.50. The molecule has 2 aliphatic rings. The van der Waals surface area contributed by atoms with Gasteiger partial charge in [0.25, 0.3) is 5.91 Å². The molecule has 2 heterocycles. The van der Waals surface area contributed by atoms with Gasteiger partial charge in [0.2, 0.25) is 10.8 Å². The van der Waals surface area contributed by atoms with Crippen molar-refractivity contribution in [3.05, 3.63) is 95.3 Å². The third-order valence-corrected chi connectivity index (χ3v) is 7.03. The second kappa shape index (κ2) is 6.99. The number of benzene rings is 3. The van der Waals surface area contributed by atoms with E-state index >= 15 is 0 Å². The number of anilines is 2. The van der Waals surface area contributed by atoms with Gasteiger partial charge < -0.3 is 4.90 Å². The minimum atomic E-state index is -1.17. The lowest BCUT2D eigenvalue weighted by molar-refractivity contribution is -0.123. The van der Waals surface area contributed by atoms with E-state index < -0.39 is 4.87 Å². The summed E-state index contributed by atoms with van der Waals surface area (Å²) in [4.78, 5) is 28.9. The van der Waals surface area contributed by atoms with Crippen LogP contribution in [-0.2, 0) is 21.0 Å². The van der Waals surface area contributed by atoms with Crippen LogP contribution >= 0.6 is 11.8 Å². The number of amides is 2. The van der Waals surface area contributed by atoms with Gasteiger partial charge in [0, 0.05) is 16.8 Å². The largest absolute Gasteiger partial charge is 0.304 e. The first-order valence-corrected chi connectivity index (χ1v) is 10.7. The molecule has 0 aromatic heterocycles. The van der Waals surface area contributed by atoms with Gasteiger partial charge in [-0.15, -0.1) is 11.8 Å². The predicted octanol–water partition coefficient (Wildman–Crippen LogP) is 4.61. The van der Waals surface area contributed by atoms with Crippen LogP contribution < -0.4 is 9.80 Å². The van der Waals surface area contributed by atoms with Crippen LogP contribution in [0.5, 0.6) is 0 Å². The molecule has 6 heteroatoms. The van der Waals surface area contributed by atoms with Crippen molar-refractivity contribution in [3.8, 4) is 0 Å². The summed E-state index contributed by atoms with van der Waals surface area (Å²) in [5, 5.41) is 0. The number of para-hydroxylation sites is 1. The van der Waals surface area contributed by atoms with Gasteiger partial charge >= 0.3 is 0 Å². The average molecular weight is 418 g/mol. The number of halogens is 1. The van der Waals surface area contributed by atoms with Crippen LogP contribution in [0.4, 0.5) is 15.8 Å². The summed E-state index contributed by atoms with van der Waals surface area (Å²) in [6, 6.07) is 21.5. The Bertz CT molecular complexity index is 1160. The van der Waals surface area contributed by atoms with Gasteiger partial charge in [-0.3, -0.25) is 14.5 Å². The third-order valence-electron chi connectivity index (χ3n) is 5.64. The highest BCUT2D eigenvalue weighted by atomic mass is 32.2. The fraction of sp³-hybridized carbons (Fsp3) is 0.167. The van der Waals surface area contributed by atoms with Crippen LogP contribution in [0.15, 0.2) is 72.8 Å². The molecule has 150 valence electrons. The maximum Gasteiger partial charge on any atom is 0.269 e. The Morgan fingerprint density at radius 1 is 0.967 bits per heavy atom. The lowest BCUT2D eigenvalue weighted by Crippen LogP contribution is -2.49. The van der Waals surface area contributed by atoms with Crippen molar-refractivity contribution < 1.29 is 14.0 Å². The van der Waals surface area contributed by atoms with Gasteiger partial charge in [0.1, 0.15) is 5.82 Å². The van der Waals surface area contributed by atoms with E-state index in [1.54, 1.807) is 28.0 Å². The maximum absolute atomic E-state index is 14.3. The van der Waals surface area contributed by atoms with Crippen molar-refractivity contribution in [2.24, 2.45) is 0 Å². The van der Waals surface area contributed by atoms with Gasteiger partial charge in [0.05, 0.1) is 18.0 Å². The Morgan fingerprint density at radius 2 is 1.67 bits per heavy atom. The van der Waals surface area contributed by atoms with E-state index in [0.717, 1.165) is 11.1 Å². The molecular weight excluding hydrogens is 399 g/mol. The molecule has 2 aliphatic heterocycles. The molecule has 0 bridgehead atoms. The molecule has 3 aromatic carbocycles. The van der Waals surface area contributed by atoms with Crippen molar-refractivity contribution >= 4 is 35.0 Å². The molecule has 0 aliphatic carbocycles. The molecule has 0 saturated carbocycles. The normalized spacial score (nSPS) is 20.3. The first kappa shape index (κ1) is 18.9. The fourth-order valence-corrected chi connectivity index (χ4v) is 5.56. The Balaban J connectivity index is 1.65. The third kappa shape index (κ3) is 2.67. The van der Waals surface area contributed by atoms with Crippen LogP contribution in [-0.4, -0.2) is 17.6 Å². The first-order valence-electron chi connectivity index (χ1n) is 9.71. The Kier molecular flexibility index (Phi) is 4.40. The minimum Gasteiger partial charge on any atom is -0.304 e. The molecule has 30 heavy (non-hydrogen) atoms. The number of carbonyl (C=O) groups excluding carboxylic acids is 2. The van der Waals surface area contributed by atoms with E-state index in [4.69, 9.17) is 0 Å². The quantitative estimate of drug-likeness (QED) is 0.624. The molecule has 5 rings (SSSR count). The summed E-state index contributed by atoms with van der Waals surface area (Å²) in [5.74, 6) is -0.473. The number of hydrogen-bond donors (Lipinski definition) is 0. The summed E-state index contributed by atoms with van der Waals surface area (Å²) >= 11 is 1.33. The van der Waals surface area contributed by atoms with Crippen LogP contribution in [0.1, 0.15) is 16.7 Å². The summed E-state index contributed by atoms with van der Waals surface area (Å²) < 4.78 is 14.3. The Labute approximate surface area is 178 Å². The zero-order valence-electron chi connectivity index (χ0n) is 16.3.